The van der Waals surface area contributed by atoms with Crippen molar-refractivity contribution in [2.45, 2.75) is 19.9 Å². The van der Waals surface area contributed by atoms with Crippen LogP contribution in [0.5, 0.6) is 0 Å². The van der Waals surface area contributed by atoms with Crippen molar-refractivity contribution in [3.8, 4) is 11.3 Å². The summed E-state index contributed by atoms with van der Waals surface area (Å²) in [7, 11) is 2.07. The van der Waals surface area contributed by atoms with E-state index in [2.05, 4.69) is 16.8 Å². The molecule has 1 fully saturated rings. The number of piperazine rings is 1. The summed E-state index contributed by atoms with van der Waals surface area (Å²) in [6, 6.07) is 9.70. The van der Waals surface area contributed by atoms with Crippen molar-refractivity contribution in [2.75, 3.05) is 46.3 Å². The number of hydrogen-bond acceptors (Lipinski definition) is 6. The highest BCUT2D eigenvalue weighted by atomic mass is 16.3. The number of carbonyl (C=O) groups excluding carboxylic acids is 3. The van der Waals surface area contributed by atoms with Gasteiger partial charge < -0.3 is 14.2 Å². The van der Waals surface area contributed by atoms with Crippen LogP contribution in [0.3, 0.4) is 0 Å². The molecular formula is C27H27N3O4. The van der Waals surface area contributed by atoms with Gasteiger partial charge in [0.15, 0.2) is 0 Å². The molecule has 0 unspecified atom stereocenters. The van der Waals surface area contributed by atoms with Crippen molar-refractivity contribution in [1.29, 1.82) is 0 Å². The summed E-state index contributed by atoms with van der Waals surface area (Å²) in [5, 5.41) is 1.76. The first-order valence-corrected chi connectivity index (χ1v) is 11.9. The van der Waals surface area contributed by atoms with E-state index in [0.717, 1.165) is 48.1 Å². The van der Waals surface area contributed by atoms with Crippen LogP contribution in [-0.2, 0) is 17.8 Å². The Morgan fingerprint density at radius 3 is 2.50 bits per heavy atom. The molecule has 1 aromatic heterocycles. The predicted molar refractivity (Wildman–Crippen MR) is 128 cm³/mol. The number of hydrogen-bond donors (Lipinski definition) is 0. The Balaban J connectivity index is 1.32. The van der Waals surface area contributed by atoms with Crippen molar-refractivity contribution in [1.82, 2.24) is 14.7 Å². The highest BCUT2D eigenvalue weighted by Crippen LogP contribution is 2.43. The second-order valence-corrected chi connectivity index (χ2v) is 9.67. The number of amides is 1. The first-order valence-electron chi connectivity index (χ1n) is 11.9. The van der Waals surface area contributed by atoms with Crippen LogP contribution in [0.4, 0.5) is 0 Å². The van der Waals surface area contributed by atoms with E-state index < -0.39 is 11.6 Å². The molecule has 2 aliphatic heterocycles. The lowest BCUT2D eigenvalue weighted by Crippen LogP contribution is -2.50. The first-order chi connectivity index (χ1) is 16.4. The van der Waals surface area contributed by atoms with E-state index in [1.165, 1.54) is 0 Å². The van der Waals surface area contributed by atoms with E-state index >= 15 is 0 Å². The Bertz CT molecular complexity index is 1360. The molecule has 0 spiro atoms. The largest absolute Gasteiger partial charge is 0.459 e. The molecule has 3 aromatic rings. The van der Waals surface area contributed by atoms with Crippen molar-refractivity contribution in [3.05, 3.63) is 58.3 Å². The molecule has 0 bridgehead atoms. The number of aryl methyl sites for hydroxylation is 1. The Morgan fingerprint density at radius 1 is 0.941 bits per heavy atom. The minimum atomic E-state index is -0.483. The predicted octanol–water partition coefficient (Wildman–Crippen LogP) is 2.92. The van der Waals surface area contributed by atoms with Gasteiger partial charge in [0, 0.05) is 49.4 Å². The molecule has 0 radical (unpaired) electrons. The molecule has 0 saturated carbocycles. The molecule has 3 aliphatic rings. The average molecular weight is 458 g/mol. The average Bonchev–Trinajstić information content (AvgIpc) is 3.21. The molecule has 0 atom stereocenters. The number of fused-ring (bicyclic) bond motifs is 7. The maximum atomic E-state index is 13.2. The summed E-state index contributed by atoms with van der Waals surface area (Å²) in [6.45, 7) is 6.75. The van der Waals surface area contributed by atoms with Crippen LogP contribution in [0.25, 0.3) is 22.1 Å². The molecule has 174 valence electrons. The molecule has 0 N–H and O–H groups in total. The van der Waals surface area contributed by atoms with Crippen LogP contribution >= 0.6 is 0 Å². The van der Waals surface area contributed by atoms with Crippen LogP contribution in [0.1, 0.15) is 37.6 Å². The summed E-state index contributed by atoms with van der Waals surface area (Å²) < 4.78 is 6.28. The fourth-order valence-corrected chi connectivity index (χ4v) is 5.54. The third-order valence-corrected chi connectivity index (χ3v) is 7.54. The number of Topliss-reactive ketones (excluding diaryl/α,β-unsaturated/α-hetero) is 2. The molecule has 2 aromatic carbocycles. The van der Waals surface area contributed by atoms with E-state index in [4.69, 9.17) is 4.42 Å². The molecule has 1 saturated heterocycles. The second kappa shape index (κ2) is 7.89. The van der Waals surface area contributed by atoms with E-state index in [9.17, 15) is 14.4 Å². The molecule has 6 rings (SSSR count). The monoisotopic (exact) mass is 457 g/mol. The van der Waals surface area contributed by atoms with E-state index in [0.29, 0.717) is 54.3 Å². The summed E-state index contributed by atoms with van der Waals surface area (Å²) in [6.07, 6.45) is 0.589. The standard InChI is InChI=1S/C27H27N3O4/c1-16-4-3-5-18-17(16)6-7-20-23(18)25(32)26(33)24-19-8-9-29(14-21(19)34-27(20)24)15-22(31)30-12-10-28(2)11-13-30/h3-7H,8-15H2,1-2H3. The van der Waals surface area contributed by atoms with Crippen molar-refractivity contribution < 1.29 is 18.8 Å². The minimum absolute atomic E-state index is 0.131. The summed E-state index contributed by atoms with van der Waals surface area (Å²) >= 11 is 0. The Morgan fingerprint density at radius 2 is 1.71 bits per heavy atom. The van der Waals surface area contributed by atoms with Gasteiger partial charge in [-0.3, -0.25) is 19.3 Å². The zero-order valence-corrected chi connectivity index (χ0v) is 19.5. The molecule has 7 heteroatoms. The minimum Gasteiger partial charge on any atom is -0.459 e. The highest BCUT2D eigenvalue weighted by molar-refractivity contribution is 6.54. The molecule has 1 amide bonds. The number of carbonyl (C=O) groups is 3. The molecular weight excluding hydrogens is 430 g/mol. The number of benzene rings is 2. The van der Waals surface area contributed by atoms with Gasteiger partial charge in [-0.15, -0.1) is 0 Å². The number of rotatable bonds is 2. The normalized spacial score (nSPS) is 18.7. The number of nitrogens with zero attached hydrogens (tertiary/aromatic N) is 3. The number of furan rings is 1. The maximum absolute atomic E-state index is 13.2. The van der Waals surface area contributed by atoms with Gasteiger partial charge in [0.05, 0.1) is 18.7 Å². The summed E-state index contributed by atoms with van der Waals surface area (Å²) in [5.41, 5.74) is 3.43. The van der Waals surface area contributed by atoms with Gasteiger partial charge in [0.2, 0.25) is 17.5 Å². The van der Waals surface area contributed by atoms with Crippen LogP contribution in [0.2, 0.25) is 0 Å². The third kappa shape index (κ3) is 3.22. The summed E-state index contributed by atoms with van der Waals surface area (Å²) in [4.78, 5) is 45.5. The Kier molecular flexibility index (Phi) is 4.93. The van der Waals surface area contributed by atoms with E-state index in [1.54, 1.807) is 0 Å². The lowest BCUT2D eigenvalue weighted by atomic mass is 9.82. The van der Waals surface area contributed by atoms with Crippen molar-refractivity contribution in [3.63, 3.8) is 0 Å². The van der Waals surface area contributed by atoms with E-state index in [1.807, 2.05) is 42.2 Å². The lowest BCUT2D eigenvalue weighted by molar-refractivity contribution is -0.134. The zero-order valence-electron chi connectivity index (χ0n) is 19.5. The van der Waals surface area contributed by atoms with Crippen molar-refractivity contribution in [2.24, 2.45) is 0 Å². The smallest absolute Gasteiger partial charge is 0.237 e. The topological polar surface area (TPSA) is 74.1 Å². The van der Waals surface area contributed by atoms with Gasteiger partial charge in [-0.25, -0.2) is 0 Å². The molecule has 34 heavy (non-hydrogen) atoms. The quantitative estimate of drug-likeness (QED) is 0.551. The second-order valence-electron chi connectivity index (χ2n) is 9.67. The number of likely N-dealkylation sites (N-methyl/N-ethyl adjacent to an activating group) is 1. The van der Waals surface area contributed by atoms with Crippen LogP contribution in [0, 0.1) is 6.92 Å². The lowest BCUT2D eigenvalue weighted by Gasteiger charge is -2.34. The summed E-state index contributed by atoms with van der Waals surface area (Å²) in [5.74, 6) is 0.380. The van der Waals surface area contributed by atoms with E-state index in [-0.39, 0.29) is 5.91 Å². The van der Waals surface area contributed by atoms with Crippen LogP contribution < -0.4 is 0 Å². The zero-order chi connectivity index (χ0) is 23.6. The van der Waals surface area contributed by atoms with Gasteiger partial charge in [0.1, 0.15) is 11.5 Å². The SMILES string of the molecule is Cc1cccc2c3c(ccc12)-c1oc2c(c1C(=O)C3=O)CCN(CC(=O)N1CCN(C)CC1)C2. The molecule has 3 heterocycles. The van der Waals surface area contributed by atoms with Gasteiger partial charge >= 0.3 is 0 Å². The molecule has 1 aliphatic carbocycles. The van der Waals surface area contributed by atoms with Gasteiger partial charge in [-0.1, -0.05) is 24.3 Å². The maximum Gasteiger partial charge on any atom is 0.237 e. The number of ketones is 2. The van der Waals surface area contributed by atoms with Crippen molar-refractivity contribution >= 4 is 28.2 Å². The molecule has 7 nitrogen and oxygen atoms in total. The van der Waals surface area contributed by atoms with Crippen LogP contribution in [0.15, 0.2) is 34.7 Å². The first kappa shape index (κ1) is 21.3. The Hall–Kier alpha value is -3.29. The fraction of sp³-hybridized carbons (Fsp3) is 0.370. The fourth-order valence-electron chi connectivity index (χ4n) is 5.54. The Labute approximate surface area is 197 Å². The van der Waals surface area contributed by atoms with Gasteiger partial charge in [0.25, 0.3) is 0 Å². The van der Waals surface area contributed by atoms with Crippen LogP contribution in [-0.4, -0.2) is 78.5 Å². The van der Waals surface area contributed by atoms with Gasteiger partial charge in [-0.05, 0) is 42.8 Å². The third-order valence-electron chi connectivity index (χ3n) is 7.54. The highest BCUT2D eigenvalue weighted by Gasteiger charge is 2.39. The van der Waals surface area contributed by atoms with Gasteiger partial charge in [-0.2, -0.15) is 0 Å².